The van der Waals surface area contributed by atoms with Gasteiger partial charge in [0, 0.05) is 12.6 Å². The smallest absolute Gasteiger partial charge is 0.250 e. The van der Waals surface area contributed by atoms with E-state index < -0.39 is 10.0 Å². The maximum atomic E-state index is 12.6. The van der Waals surface area contributed by atoms with Crippen LogP contribution < -0.4 is 9.46 Å². The van der Waals surface area contributed by atoms with Gasteiger partial charge in [-0.25, -0.2) is 13.1 Å². The van der Waals surface area contributed by atoms with Crippen molar-refractivity contribution in [3.05, 3.63) is 45.7 Å². The summed E-state index contributed by atoms with van der Waals surface area (Å²) in [6.45, 7) is 2.33. The molecular weight excluding hydrogens is 436 g/mol. The summed E-state index contributed by atoms with van der Waals surface area (Å²) in [5.41, 5.74) is 1.10. The van der Waals surface area contributed by atoms with Gasteiger partial charge in [-0.1, -0.05) is 18.6 Å². The topological polar surface area (TPSA) is 58.6 Å². The molecule has 2 heterocycles. The Morgan fingerprint density at radius 2 is 1.85 bits per heavy atom. The van der Waals surface area contributed by atoms with E-state index in [2.05, 4.69) is 25.6 Å². The fraction of sp³-hybridized carbons (Fsp3) is 0.444. The lowest BCUT2D eigenvalue weighted by Crippen LogP contribution is -2.40. The molecule has 1 aliphatic rings. The second-order valence-corrected chi connectivity index (χ2v) is 10.8. The summed E-state index contributed by atoms with van der Waals surface area (Å²) in [6, 6.07) is 11.3. The molecule has 0 spiro atoms. The van der Waals surface area contributed by atoms with Crippen molar-refractivity contribution >= 4 is 37.3 Å². The Labute approximate surface area is 167 Å². The molecule has 1 unspecified atom stereocenters. The standard InChI is InChI=1S/C18H23BrN2O3S2/c1-24-15-7-5-14(6-8-15)16(21-11-3-2-4-12-21)13-20-26(22,23)18-10-9-17(19)25-18/h5-10,16,20H,2-4,11-13H2,1H3. The third-order valence-corrected chi connectivity index (χ3v) is 8.15. The number of nitrogens with zero attached hydrogens (tertiary/aromatic N) is 1. The SMILES string of the molecule is COc1ccc(C(CNS(=O)(=O)c2ccc(Br)s2)N2CCCCC2)cc1. The molecule has 26 heavy (non-hydrogen) atoms. The summed E-state index contributed by atoms with van der Waals surface area (Å²) in [6.07, 6.45) is 3.54. The Balaban J connectivity index is 1.78. The van der Waals surface area contributed by atoms with Gasteiger partial charge < -0.3 is 4.74 Å². The third kappa shape index (κ3) is 4.86. The number of hydrogen-bond acceptors (Lipinski definition) is 5. The van der Waals surface area contributed by atoms with E-state index in [9.17, 15) is 8.42 Å². The molecule has 1 fully saturated rings. The number of thiophene rings is 1. The average Bonchev–Trinajstić information content (AvgIpc) is 3.11. The summed E-state index contributed by atoms with van der Waals surface area (Å²) in [7, 11) is -1.86. The number of nitrogens with one attached hydrogen (secondary N) is 1. The van der Waals surface area contributed by atoms with Crippen molar-refractivity contribution < 1.29 is 13.2 Å². The maximum Gasteiger partial charge on any atom is 0.250 e. The summed E-state index contributed by atoms with van der Waals surface area (Å²) < 4.78 is 34.4. The highest BCUT2D eigenvalue weighted by Crippen LogP contribution is 2.28. The molecular formula is C18H23BrN2O3S2. The van der Waals surface area contributed by atoms with Crippen molar-refractivity contribution in [3.8, 4) is 5.75 Å². The molecule has 1 N–H and O–H groups in total. The van der Waals surface area contributed by atoms with Gasteiger partial charge in [-0.2, -0.15) is 0 Å². The van der Waals surface area contributed by atoms with Crippen molar-refractivity contribution in [2.45, 2.75) is 29.5 Å². The summed E-state index contributed by atoms with van der Waals surface area (Å²) in [5.74, 6) is 0.801. The molecule has 0 saturated carbocycles. The molecule has 142 valence electrons. The van der Waals surface area contributed by atoms with Crippen LogP contribution in [-0.4, -0.2) is 40.1 Å². The fourth-order valence-corrected chi connectivity index (χ4v) is 6.31. The molecule has 5 nitrogen and oxygen atoms in total. The van der Waals surface area contributed by atoms with E-state index in [0.717, 1.165) is 41.0 Å². The van der Waals surface area contributed by atoms with Crippen molar-refractivity contribution in [2.75, 3.05) is 26.7 Å². The number of methoxy groups -OCH3 is 1. The molecule has 0 aliphatic carbocycles. The number of halogens is 1. The first-order chi connectivity index (χ1) is 12.5. The first-order valence-corrected chi connectivity index (χ1v) is 11.7. The second-order valence-electron chi connectivity index (χ2n) is 6.30. The predicted molar refractivity (Wildman–Crippen MR) is 108 cm³/mol. The molecule has 1 aromatic carbocycles. The minimum atomic E-state index is -3.51. The Kier molecular flexibility index (Phi) is 6.74. The quantitative estimate of drug-likeness (QED) is 0.680. The van der Waals surface area contributed by atoms with Crippen molar-refractivity contribution in [1.82, 2.24) is 9.62 Å². The molecule has 0 radical (unpaired) electrons. The van der Waals surface area contributed by atoms with E-state index in [1.807, 2.05) is 24.3 Å². The zero-order chi connectivity index (χ0) is 18.6. The summed E-state index contributed by atoms with van der Waals surface area (Å²) in [5, 5.41) is 0. The first-order valence-electron chi connectivity index (χ1n) is 8.62. The van der Waals surface area contributed by atoms with E-state index in [1.54, 1.807) is 19.2 Å². The first kappa shape index (κ1) is 19.8. The van der Waals surface area contributed by atoms with Gasteiger partial charge in [-0.3, -0.25) is 4.90 Å². The molecule has 2 aromatic rings. The van der Waals surface area contributed by atoms with Crippen LogP contribution in [0.25, 0.3) is 0 Å². The van der Waals surface area contributed by atoms with E-state index >= 15 is 0 Å². The van der Waals surface area contributed by atoms with Crippen LogP contribution >= 0.6 is 27.3 Å². The van der Waals surface area contributed by atoms with Crippen molar-refractivity contribution in [2.24, 2.45) is 0 Å². The van der Waals surface area contributed by atoms with Gasteiger partial charge in [0.15, 0.2) is 0 Å². The molecule has 1 atom stereocenters. The van der Waals surface area contributed by atoms with E-state index in [-0.39, 0.29) is 6.04 Å². The highest BCUT2D eigenvalue weighted by Gasteiger charge is 2.25. The maximum absolute atomic E-state index is 12.6. The fourth-order valence-electron chi connectivity index (χ4n) is 3.22. The number of ether oxygens (including phenoxy) is 1. The molecule has 8 heteroatoms. The van der Waals surface area contributed by atoms with Crippen LogP contribution in [0.4, 0.5) is 0 Å². The lowest BCUT2D eigenvalue weighted by Gasteiger charge is -2.35. The van der Waals surface area contributed by atoms with Crippen LogP contribution in [0, 0.1) is 0 Å². The highest BCUT2D eigenvalue weighted by atomic mass is 79.9. The minimum absolute atomic E-state index is 0.0133. The van der Waals surface area contributed by atoms with E-state index in [4.69, 9.17) is 4.74 Å². The zero-order valence-electron chi connectivity index (χ0n) is 14.7. The largest absolute Gasteiger partial charge is 0.497 e. The Hall–Kier alpha value is -0.930. The Morgan fingerprint density at radius 1 is 1.15 bits per heavy atom. The highest BCUT2D eigenvalue weighted by molar-refractivity contribution is 9.11. The summed E-state index contributed by atoms with van der Waals surface area (Å²) >= 11 is 4.54. The van der Waals surface area contributed by atoms with Gasteiger partial charge >= 0.3 is 0 Å². The van der Waals surface area contributed by atoms with Gasteiger partial charge in [0.05, 0.1) is 10.9 Å². The number of likely N-dealkylation sites (tertiary alicyclic amines) is 1. The van der Waals surface area contributed by atoms with Crippen LogP contribution in [0.2, 0.25) is 0 Å². The third-order valence-electron chi connectivity index (χ3n) is 4.61. The van der Waals surface area contributed by atoms with Gasteiger partial charge in [-0.05, 0) is 71.7 Å². The van der Waals surface area contributed by atoms with Gasteiger partial charge in [0.25, 0.3) is 0 Å². The lowest BCUT2D eigenvalue weighted by molar-refractivity contribution is 0.164. The van der Waals surface area contributed by atoms with Crippen LogP contribution in [0.5, 0.6) is 5.75 Å². The molecule has 1 aromatic heterocycles. The van der Waals surface area contributed by atoms with Crippen molar-refractivity contribution in [1.29, 1.82) is 0 Å². The number of hydrogen-bond donors (Lipinski definition) is 1. The van der Waals surface area contributed by atoms with Crippen molar-refractivity contribution in [3.63, 3.8) is 0 Å². The molecule has 0 amide bonds. The number of piperidine rings is 1. The Bertz CT molecular complexity index is 815. The molecule has 1 aliphatic heterocycles. The number of benzene rings is 1. The van der Waals surface area contributed by atoms with Crippen LogP contribution in [0.3, 0.4) is 0 Å². The molecule has 3 rings (SSSR count). The number of rotatable bonds is 7. The van der Waals surface area contributed by atoms with Gasteiger partial charge in [0.1, 0.15) is 9.96 Å². The monoisotopic (exact) mass is 458 g/mol. The average molecular weight is 459 g/mol. The Morgan fingerprint density at radius 3 is 2.42 bits per heavy atom. The van der Waals surface area contributed by atoms with E-state index in [0.29, 0.717) is 10.8 Å². The minimum Gasteiger partial charge on any atom is -0.497 e. The zero-order valence-corrected chi connectivity index (χ0v) is 17.9. The molecule has 0 bridgehead atoms. The normalized spacial score (nSPS) is 17.2. The van der Waals surface area contributed by atoms with E-state index in [1.165, 1.54) is 17.8 Å². The second kappa shape index (κ2) is 8.84. The summed E-state index contributed by atoms with van der Waals surface area (Å²) in [4.78, 5) is 2.37. The molecule has 1 saturated heterocycles. The lowest BCUT2D eigenvalue weighted by atomic mass is 10.0. The van der Waals surface area contributed by atoms with Crippen LogP contribution in [0.15, 0.2) is 44.4 Å². The predicted octanol–water partition coefficient (Wildman–Crippen LogP) is 4.02. The van der Waals surface area contributed by atoms with Gasteiger partial charge in [-0.15, -0.1) is 11.3 Å². The van der Waals surface area contributed by atoms with Crippen LogP contribution in [0.1, 0.15) is 30.9 Å². The van der Waals surface area contributed by atoms with Gasteiger partial charge in [0.2, 0.25) is 10.0 Å². The number of sulfonamides is 1. The van der Waals surface area contributed by atoms with Crippen LogP contribution in [-0.2, 0) is 10.0 Å².